The van der Waals surface area contributed by atoms with Gasteiger partial charge in [0, 0.05) is 0 Å². The molecule has 18 heavy (non-hydrogen) atoms. The van der Waals surface area contributed by atoms with Gasteiger partial charge in [-0.05, 0) is 0 Å². The molecule has 3 nitrogen and oxygen atoms in total. The number of hydrogen-bond donors (Lipinski definition) is 0. The van der Waals surface area contributed by atoms with Crippen LogP contribution in [0.4, 0.5) is 0 Å². The summed E-state index contributed by atoms with van der Waals surface area (Å²) in [7, 11) is -5.09. The van der Waals surface area contributed by atoms with Gasteiger partial charge in [-0.15, -0.1) is 0 Å². The molecule has 0 fully saturated rings. The second kappa shape index (κ2) is 6.23. The van der Waals surface area contributed by atoms with Crippen LogP contribution in [0.25, 0.3) is 0 Å². The summed E-state index contributed by atoms with van der Waals surface area (Å²) in [5, 5.41) is 0. The number of rotatable bonds is 7. The number of hydrogen-bond acceptors (Lipinski definition) is 3. The van der Waals surface area contributed by atoms with Crippen LogP contribution in [0.15, 0.2) is 10.7 Å². The van der Waals surface area contributed by atoms with Gasteiger partial charge in [-0.2, -0.15) is 0 Å². The molecule has 7 heteroatoms. The first kappa shape index (κ1) is 19.1. The fourth-order valence-corrected chi connectivity index (χ4v) is 32.1. The quantitative estimate of drug-likeness (QED) is 0.586. The summed E-state index contributed by atoms with van der Waals surface area (Å²) in [6.07, 6.45) is 0. The van der Waals surface area contributed by atoms with Crippen LogP contribution in [-0.4, -0.2) is 44.6 Å². The van der Waals surface area contributed by atoms with Crippen molar-refractivity contribution in [1.82, 2.24) is 0 Å². The minimum atomic E-state index is -3.58. The fraction of sp³-hybridized carbons (Fsp3) is 0.818. The average Bonchev–Trinajstić information content (AvgIpc) is 1.93. The standard InChI is InChI=1S/3C3H9OSi.C2H3.Sn/c3*1-5(2,3)4;1-2;/h3*1-3H3;1H,2H2;/q3*-1;;+3. The van der Waals surface area contributed by atoms with Gasteiger partial charge in [-0.25, -0.2) is 0 Å². The molecule has 0 unspecified atom stereocenters. The molecule has 0 rings (SSSR count). The Morgan fingerprint density at radius 1 is 0.667 bits per heavy atom. The molecule has 0 spiro atoms. The van der Waals surface area contributed by atoms with Crippen molar-refractivity contribution in [2.24, 2.45) is 0 Å². The first-order valence-electron chi connectivity index (χ1n) is 6.42. The van der Waals surface area contributed by atoms with Gasteiger partial charge in [0.1, 0.15) is 0 Å². The molecule has 0 aromatic rings. The molecule has 0 aliphatic rings. The SMILES string of the molecule is C=[CH][Sn]([O][Si](C)(C)C)([O][Si](C)(C)C)[O][Si](C)(C)C. The molecular formula is C11H30O3Si3Sn. The molecule has 0 heterocycles. The monoisotopic (exact) mass is 414 g/mol. The van der Waals surface area contributed by atoms with Gasteiger partial charge < -0.3 is 0 Å². The average molecular weight is 413 g/mol. The van der Waals surface area contributed by atoms with Gasteiger partial charge in [-0.1, -0.05) is 0 Å². The van der Waals surface area contributed by atoms with E-state index in [4.69, 9.17) is 8.29 Å². The minimum absolute atomic E-state index is 1.70. The molecule has 0 saturated carbocycles. The first-order valence-corrected chi connectivity index (χ1v) is 21.8. The predicted octanol–water partition coefficient (Wildman–Crippen LogP) is 4.21. The Morgan fingerprint density at radius 3 is 1.00 bits per heavy atom. The summed E-state index contributed by atoms with van der Waals surface area (Å²) in [5.41, 5.74) is 0. The molecule has 0 radical (unpaired) electrons. The maximum absolute atomic E-state index is 6.38. The van der Waals surface area contributed by atoms with Crippen molar-refractivity contribution in [1.29, 1.82) is 0 Å². The molecule has 0 aliphatic heterocycles. The molecule has 108 valence electrons. The van der Waals surface area contributed by atoms with E-state index in [1.807, 2.05) is 4.09 Å². The van der Waals surface area contributed by atoms with E-state index in [0.717, 1.165) is 0 Å². The molecule has 0 aliphatic carbocycles. The first-order chi connectivity index (χ1) is 7.68. The van der Waals surface area contributed by atoms with E-state index in [1.165, 1.54) is 0 Å². The summed E-state index contributed by atoms with van der Waals surface area (Å²) < 4.78 is 21.0. The van der Waals surface area contributed by atoms with Gasteiger partial charge in [0.05, 0.1) is 0 Å². The third-order valence-corrected chi connectivity index (χ3v) is 28.8. The Balaban J connectivity index is 5.27. The molecule has 0 N–H and O–H groups in total. The van der Waals surface area contributed by atoms with E-state index >= 15 is 0 Å². The second-order valence-corrected chi connectivity index (χ2v) is 30.6. The molecule has 0 aromatic carbocycles. The van der Waals surface area contributed by atoms with Gasteiger partial charge in [0.25, 0.3) is 0 Å². The molecular weight excluding hydrogens is 383 g/mol. The van der Waals surface area contributed by atoms with Crippen LogP contribution in [0.3, 0.4) is 0 Å². The van der Waals surface area contributed by atoms with Crippen LogP contribution in [0, 0.1) is 0 Å². The zero-order valence-corrected chi connectivity index (χ0v) is 19.4. The van der Waals surface area contributed by atoms with Crippen LogP contribution in [-0.2, 0) is 8.29 Å². The summed E-state index contributed by atoms with van der Waals surface area (Å²) >= 11 is -3.58. The van der Waals surface area contributed by atoms with E-state index in [1.54, 1.807) is 0 Å². The van der Waals surface area contributed by atoms with E-state index in [9.17, 15) is 0 Å². The Bertz CT molecular complexity index is 249. The molecule has 0 saturated heterocycles. The van der Waals surface area contributed by atoms with E-state index in [-0.39, 0.29) is 0 Å². The fourth-order valence-electron chi connectivity index (χ4n) is 1.47. The topological polar surface area (TPSA) is 27.7 Å². The third-order valence-electron chi connectivity index (χ3n) is 1.60. The van der Waals surface area contributed by atoms with Crippen molar-refractivity contribution in [3.8, 4) is 0 Å². The van der Waals surface area contributed by atoms with Crippen LogP contribution >= 0.6 is 0 Å². The normalized spacial score (nSPS) is 14.7. The molecule has 0 atom stereocenters. The van der Waals surface area contributed by atoms with Gasteiger partial charge in [0.15, 0.2) is 0 Å². The van der Waals surface area contributed by atoms with Gasteiger partial charge in [0.2, 0.25) is 0 Å². The predicted molar refractivity (Wildman–Crippen MR) is 89.2 cm³/mol. The Kier molecular flexibility index (Phi) is 6.60. The van der Waals surface area contributed by atoms with Crippen LogP contribution < -0.4 is 0 Å². The van der Waals surface area contributed by atoms with Crippen LogP contribution in [0.2, 0.25) is 58.9 Å². The summed E-state index contributed by atoms with van der Waals surface area (Å²) in [6, 6.07) is 0. The second-order valence-electron chi connectivity index (χ2n) is 7.45. The van der Waals surface area contributed by atoms with Gasteiger partial charge >= 0.3 is 122 Å². The van der Waals surface area contributed by atoms with E-state index in [0.29, 0.717) is 0 Å². The molecule has 0 aromatic heterocycles. The third kappa shape index (κ3) is 9.05. The zero-order valence-electron chi connectivity index (χ0n) is 13.5. The van der Waals surface area contributed by atoms with Crippen LogP contribution in [0.1, 0.15) is 0 Å². The van der Waals surface area contributed by atoms with Crippen molar-refractivity contribution in [3.05, 3.63) is 10.7 Å². The summed E-state index contributed by atoms with van der Waals surface area (Å²) in [4.78, 5) is 0. The Labute approximate surface area is 122 Å². The van der Waals surface area contributed by atoms with Crippen LogP contribution in [0.5, 0.6) is 0 Å². The maximum atomic E-state index is 6.38. The van der Waals surface area contributed by atoms with Crippen molar-refractivity contribution < 1.29 is 8.29 Å². The van der Waals surface area contributed by atoms with Crippen molar-refractivity contribution in [2.45, 2.75) is 58.9 Å². The molecule has 0 bridgehead atoms. The summed E-state index contributed by atoms with van der Waals surface area (Å²) in [5.74, 6) is 0. The van der Waals surface area contributed by atoms with Gasteiger partial charge in [-0.3, -0.25) is 0 Å². The van der Waals surface area contributed by atoms with Crippen molar-refractivity contribution in [3.63, 3.8) is 0 Å². The molecule has 0 amide bonds. The Morgan fingerprint density at radius 2 is 0.889 bits per heavy atom. The van der Waals surface area contributed by atoms with E-state index in [2.05, 4.69) is 65.5 Å². The van der Waals surface area contributed by atoms with E-state index < -0.39 is 44.6 Å². The van der Waals surface area contributed by atoms with Crippen molar-refractivity contribution >= 4 is 44.6 Å². The Hall–Kier alpha value is 1.07. The zero-order chi connectivity index (χ0) is 14.8. The van der Waals surface area contributed by atoms with Crippen molar-refractivity contribution in [2.75, 3.05) is 0 Å². The summed E-state index contributed by atoms with van der Waals surface area (Å²) in [6.45, 7) is 23.6.